The van der Waals surface area contributed by atoms with Gasteiger partial charge in [0.2, 0.25) is 0 Å². The quantitative estimate of drug-likeness (QED) is 0.643. The summed E-state index contributed by atoms with van der Waals surface area (Å²) in [7, 11) is 6.31. The minimum atomic E-state index is 1.06. The number of nitrogens with zero attached hydrogens (tertiary/aromatic N) is 3. The maximum absolute atomic E-state index is 4.72. The molecule has 26 heavy (non-hydrogen) atoms. The van der Waals surface area contributed by atoms with Gasteiger partial charge in [0.05, 0.1) is 11.4 Å². The number of rotatable bonds is 6. The molecule has 0 fully saturated rings. The van der Waals surface area contributed by atoms with Crippen molar-refractivity contribution in [2.24, 2.45) is 7.05 Å². The maximum Gasteiger partial charge on any atom is 0.0760 e. The molecule has 0 unspecified atom stereocenters. The molecule has 0 N–H and O–H groups in total. The van der Waals surface area contributed by atoms with Crippen LogP contribution in [0.5, 0.6) is 0 Å². The highest BCUT2D eigenvalue weighted by atomic mass is 15.3. The van der Waals surface area contributed by atoms with Crippen molar-refractivity contribution in [2.45, 2.75) is 26.7 Å². The van der Waals surface area contributed by atoms with E-state index in [4.69, 9.17) is 5.10 Å². The lowest BCUT2D eigenvalue weighted by Gasteiger charge is -2.15. The summed E-state index contributed by atoms with van der Waals surface area (Å²) in [6, 6.07) is 17.5. The molecule has 136 valence electrons. The standard InChI is InChI=1S/C23H29N3/c1-6-18-12-13-21(16-20(18)14-15-25(3)4)23-22(17(2)24-26(23)5)19-10-8-7-9-11-19/h7-13,16H,6,14-15H2,1-5H3. The van der Waals surface area contributed by atoms with E-state index in [0.717, 1.165) is 25.1 Å². The van der Waals surface area contributed by atoms with Gasteiger partial charge in [-0.1, -0.05) is 49.4 Å². The first-order valence-electron chi connectivity index (χ1n) is 9.37. The molecule has 0 atom stereocenters. The third-order valence-corrected chi connectivity index (χ3v) is 4.97. The Hall–Kier alpha value is -2.39. The molecule has 3 rings (SSSR count). The second-order valence-electron chi connectivity index (χ2n) is 7.19. The van der Waals surface area contributed by atoms with E-state index in [2.05, 4.69) is 81.4 Å². The second-order valence-corrected chi connectivity index (χ2v) is 7.19. The lowest BCUT2D eigenvalue weighted by atomic mass is 9.94. The van der Waals surface area contributed by atoms with Gasteiger partial charge in [0.1, 0.15) is 0 Å². The first kappa shape index (κ1) is 18.4. The Kier molecular flexibility index (Phi) is 5.58. The number of likely N-dealkylation sites (N-methyl/N-ethyl adjacent to an activating group) is 1. The summed E-state index contributed by atoms with van der Waals surface area (Å²) in [6.45, 7) is 5.39. The Morgan fingerprint density at radius 2 is 1.69 bits per heavy atom. The fourth-order valence-corrected chi connectivity index (χ4v) is 3.63. The monoisotopic (exact) mass is 347 g/mol. The van der Waals surface area contributed by atoms with E-state index in [1.165, 1.54) is 33.5 Å². The second kappa shape index (κ2) is 7.88. The Morgan fingerprint density at radius 3 is 2.35 bits per heavy atom. The van der Waals surface area contributed by atoms with Gasteiger partial charge in [-0.15, -0.1) is 0 Å². The number of benzene rings is 2. The van der Waals surface area contributed by atoms with Crippen LogP contribution in [0.4, 0.5) is 0 Å². The molecule has 3 aromatic rings. The van der Waals surface area contributed by atoms with Gasteiger partial charge < -0.3 is 4.90 Å². The van der Waals surface area contributed by atoms with Crippen molar-refractivity contribution in [3.05, 3.63) is 65.4 Å². The van der Waals surface area contributed by atoms with Crippen molar-refractivity contribution < 1.29 is 0 Å². The molecule has 0 aliphatic carbocycles. The van der Waals surface area contributed by atoms with E-state index in [1.807, 2.05) is 11.7 Å². The number of hydrogen-bond acceptors (Lipinski definition) is 2. The highest BCUT2D eigenvalue weighted by molar-refractivity contribution is 5.83. The molecule has 1 heterocycles. The smallest absolute Gasteiger partial charge is 0.0760 e. The zero-order valence-corrected chi connectivity index (χ0v) is 16.6. The maximum atomic E-state index is 4.72. The fraction of sp³-hybridized carbons (Fsp3) is 0.348. The van der Waals surface area contributed by atoms with Crippen LogP contribution >= 0.6 is 0 Å². The Labute approximate surface area is 157 Å². The summed E-state index contributed by atoms with van der Waals surface area (Å²) >= 11 is 0. The number of aryl methyl sites for hydroxylation is 3. The summed E-state index contributed by atoms with van der Waals surface area (Å²) in [6.07, 6.45) is 2.14. The first-order valence-corrected chi connectivity index (χ1v) is 9.37. The summed E-state index contributed by atoms with van der Waals surface area (Å²) < 4.78 is 2.02. The van der Waals surface area contributed by atoms with Crippen molar-refractivity contribution in [1.29, 1.82) is 0 Å². The van der Waals surface area contributed by atoms with Crippen LogP contribution in [-0.2, 0) is 19.9 Å². The Morgan fingerprint density at radius 1 is 0.962 bits per heavy atom. The predicted octanol–water partition coefficient (Wildman–Crippen LogP) is 4.73. The van der Waals surface area contributed by atoms with Gasteiger partial charge in [0, 0.05) is 24.7 Å². The van der Waals surface area contributed by atoms with Gasteiger partial charge in [-0.3, -0.25) is 4.68 Å². The average molecular weight is 348 g/mol. The molecule has 0 radical (unpaired) electrons. The van der Waals surface area contributed by atoms with Gasteiger partial charge in [0.15, 0.2) is 0 Å². The third kappa shape index (κ3) is 3.73. The Balaban J connectivity index is 2.11. The van der Waals surface area contributed by atoms with Gasteiger partial charge in [-0.05, 0) is 56.6 Å². The number of hydrogen-bond donors (Lipinski definition) is 0. The van der Waals surface area contributed by atoms with Crippen LogP contribution in [0, 0.1) is 6.92 Å². The summed E-state index contributed by atoms with van der Waals surface area (Å²) in [5.74, 6) is 0. The van der Waals surface area contributed by atoms with Gasteiger partial charge >= 0.3 is 0 Å². The van der Waals surface area contributed by atoms with E-state index in [0.29, 0.717) is 0 Å². The zero-order chi connectivity index (χ0) is 18.7. The highest BCUT2D eigenvalue weighted by Crippen LogP contribution is 2.35. The molecule has 0 aliphatic heterocycles. The van der Waals surface area contributed by atoms with Crippen molar-refractivity contribution in [3.63, 3.8) is 0 Å². The van der Waals surface area contributed by atoms with Crippen LogP contribution in [0.2, 0.25) is 0 Å². The molecule has 2 aromatic carbocycles. The van der Waals surface area contributed by atoms with E-state index in [-0.39, 0.29) is 0 Å². The molecule has 0 aliphatic rings. The van der Waals surface area contributed by atoms with Crippen LogP contribution in [-0.4, -0.2) is 35.3 Å². The molecule has 3 heteroatoms. The highest BCUT2D eigenvalue weighted by Gasteiger charge is 2.17. The molecule has 0 amide bonds. The lowest BCUT2D eigenvalue weighted by molar-refractivity contribution is 0.413. The molecule has 1 aromatic heterocycles. The first-order chi connectivity index (χ1) is 12.5. The molecular formula is C23H29N3. The fourth-order valence-electron chi connectivity index (χ4n) is 3.63. The van der Waals surface area contributed by atoms with Crippen molar-refractivity contribution in [1.82, 2.24) is 14.7 Å². The Bertz CT molecular complexity index is 876. The van der Waals surface area contributed by atoms with Crippen molar-refractivity contribution >= 4 is 0 Å². The van der Waals surface area contributed by atoms with Gasteiger partial charge in [-0.25, -0.2) is 0 Å². The molecule has 0 spiro atoms. The minimum absolute atomic E-state index is 1.06. The molecular weight excluding hydrogens is 318 g/mol. The van der Waals surface area contributed by atoms with Crippen LogP contribution < -0.4 is 0 Å². The van der Waals surface area contributed by atoms with Gasteiger partial charge in [-0.2, -0.15) is 5.10 Å². The van der Waals surface area contributed by atoms with E-state index in [1.54, 1.807) is 0 Å². The predicted molar refractivity (Wildman–Crippen MR) is 110 cm³/mol. The minimum Gasteiger partial charge on any atom is -0.309 e. The lowest BCUT2D eigenvalue weighted by Crippen LogP contribution is -2.15. The molecule has 0 bridgehead atoms. The molecule has 0 saturated heterocycles. The van der Waals surface area contributed by atoms with E-state index < -0.39 is 0 Å². The molecule has 0 saturated carbocycles. The van der Waals surface area contributed by atoms with Crippen molar-refractivity contribution in [2.75, 3.05) is 20.6 Å². The van der Waals surface area contributed by atoms with Crippen molar-refractivity contribution in [3.8, 4) is 22.4 Å². The van der Waals surface area contributed by atoms with Crippen LogP contribution in [0.3, 0.4) is 0 Å². The summed E-state index contributed by atoms with van der Waals surface area (Å²) in [5.41, 5.74) is 8.86. The van der Waals surface area contributed by atoms with E-state index in [9.17, 15) is 0 Å². The third-order valence-electron chi connectivity index (χ3n) is 4.97. The SMILES string of the molecule is CCc1ccc(-c2c(-c3ccccc3)c(C)nn2C)cc1CCN(C)C. The molecule has 3 nitrogen and oxygen atoms in total. The average Bonchev–Trinajstić information content (AvgIpc) is 2.94. The van der Waals surface area contributed by atoms with Gasteiger partial charge in [0.25, 0.3) is 0 Å². The number of aromatic nitrogens is 2. The van der Waals surface area contributed by atoms with Crippen LogP contribution in [0.15, 0.2) is 48.5 Å². The zero-order valence-electron chi connectivity index (χ0n) is 16.6. The topological polar surface area (TPSA) is 21.1 Å². The largest absolute Gasteiger partial charge is 0.309 e. The van der Waals surface area contributed by atoms with Crippen LogP contribution in [0.25, 0.3) is 22.4 Å². The normalized spacial score (nSPS) is 11.3. The summed E-state index contributed by atoms with van der Waals surface area (Å²) in [5, 5.41) is 4.72. The van der Waals surface area contributed by atoms with Crippen LogP contribution in [0.1, 0.15) is 23.7 Å². The summed E-state index contributed by atoms with van der Waals surface area (Å²) in [4.78, 5) is 2.25. The van der Waals surface area contributed by atoms with E-state index >= 15 is 0 Å².